The third kappa shape index (κ3) is 4.39. The van der Waals surface area contributed by atoms with Gasteiger partial charge in [0, 0.05) is 19.6 Å². The van der Waals surface area contributed by atoms with Crippen molar-refractivity contribution in [2.24, 2.45) is 5.92 Å². The molecule has 0 aliphatic heterocycles. The fraction of sp³-hybridized carbons (Fsp3) is 0.706. The van der Waals surface area contributed by atoms with E-state index >= 15 is 0 Å². The zero-order valence-corrected chi connectivity index (χ0v) is 13.1. The zero-order valence-electron chi connectivity index (χ0n) is 13.1. The average molecular weight is 275 g/mol. The van der Waals surface area contributed by atoms with Crippen LogP contribution in [0.5, 0.6) is 0 Å². The Balaban J connectivity index is 1.75. The Morgan fingerprint density at radius 3 is 2.50 bits per heavy atom. The van der Waals surface area contributed by atoms with Gasteiger partial charge in [0.05, 0.1) is 11.9 Å². The standard InChI is InChI=1S/C17H29N3/c1-3-20(4-2)17-11-10-16(14-19-17)18-13-12-15-8-6-5-7-9-15/h10-11,14-15,18H,3-9,12-13H2,1-2H3. The number of rotatable bonds is 7. The second-order valence-electron chi connectivity index (χ2n) is 5.80. The normalized spacial score (nSPS) is 16.1. The van der Waals surface area contributed by atoms with Crippen LogP contribution < -0.4 is 10.2 Å². The van der Waals surface area contributed by atoms with Crippen molar-refractivity contribution in [3.05, 3.63) is 18.3 Å². The fourth-order valence-electron chi connectivity index (χ4n) is 3.12. The molecule has 1 heterocycles. The van der Waals surface area contributed by atoms with Crippen molar-refractivity contribution in [2.75, 3.05) is 29.9 Å². The Labute approximate surface area is 123 Å². The molecule has 0 radical (unpaired) electrons. The third-order valence-electron chi connectivity index (χ3n) is 4.44. The lowest BCUT2D eigenvalue weighted by Gasteiger charge is -2.22. The van der Waals surface area contributed by atoms with Gasteiger partial charge in [0.1, 0.15) is 5.82 Å². The van der Waals surface area contributed by atoms with E-state index < -0.39 is 0 Å². The molecule has 1 aliphatic rings. The van der Waals surface area contributed by atoms with Gasteiger partial charge in [-0.3, -0.25) is 0 Å². The summed E-state index contributed by atoms with van der Waals surface area (Å²) in [7, 11) is 0. The highest BCUT2D eigenvalue weighted by molar-refractivity contribution is 5.48. The van der Waals surface area contributed by atoms with Crippen molar-refractivity contribution in [1.82, 2.24) is 4.98 Å². The minimum atomic E-state index is 0.944. The van der Waals surface area contributed by atoms with Crippen LogP contribution in [0, 0.1) is 5.92 Å². The lowest BCUT2D eigenvalue weighted by molar-refractivity contribution is 0.345. The first-order valence-corrected chi connectivity index (χ1v) is 8.28. The Hall–Kier alpha value is -1.25. The molecule has 1 saturated carbocycles. The van der Waals surface area contributed by atoms with E-state index in [0.717, 1.165) is 37.1 Å². The zero-order chi connectivity index (χ0) is 14.2. The molecule has 0 unspecified atom stereocenters. The van der Waals surface area contributed by atoms with Crippen LogP contribution in [-0.4, -0.2) is 24.6 Å². The lowest BCUT2D eigenvalue weighted by Crippen LogP contribution is -2.22. The number of pyridine rings is 1. The molecular formula is C17H29N3. The maximum atomic E-state index is 4.55. The second kappa shape index (κ2) is 8.13. The third-order valence-corrected chi connectivity index (χ3v) is 4.44. The van der Waals surface area contributed by atoms with E-state index in [0.29, 0.717) is 0 Å². The maximum absolute atomic E-state index is 4.55. The highest BCUT2D eigenvalue weighted by Crippen LogP contribution is 2.26. The van der Waals surface area contributed by atoms with Crippen molar-refractivity contribution in [3.8, 4) is 0 Å². The van der Waals surface area contributed by atoms with Crippen LogP contribution in [-0.2, 0) is 0 Å². The molecule has 3 nitrogen and oxygen atoms in total. The van der Waals surface area contributed by atoms with Crippen LogP contribution in [0.25, 0.3) is 0 Å². The van der Waals surface area contributed by atoms with E-state index in [4.69, 9.17) is 0 Å². The summed E-state index contributed by atoms with van der Waals surface area (Å²) in [5.41, 5.74) is 1.15. The molecule has 0 spiro atoms. The van der Waals surface area contributed by atoms with Gasteiger partial charge in [-0.25, -0.2) is 4.98 Å². The fourth-order valence-corrected chi connectivity index (χ4v) is 3.12. The summed E-state index contributed by atoms with van der Waals surface area (Å²) < 4.78 is 0. The van der Waals surface area contributed by atoms with Crippen LogP contribution in [0.4, 0.5) is 11.5 Å². The van der Waals surface area contributed by atoms with Crippen molar-refractivity contribution in [2.45, 2.75) is 52.4 Å². The Kier molecular flexibility index (Phi) is 6.16. The second-order valence-corrected chi connectivity index (χ2v) is 5.80. The van der Waals surface area contributed by atoms with Gasteiger partial charge in [-0.1, -0.05) is 32.1 Å². The first-order chi connectivity index (χ1) is 9.83. The maximum Gasteiger partial charge on any atom is 0.128 e. The van der Waals surface area contributed by atoms with Crippen LogP contribution in [0.2, 0.25) is 0 Å². The summed E-state index contributed by atoms with van der Waals surface area (Å²) in [6.07, 6.45) is 10.4. The summed E-state index contributed by atoms with van der Waals surface area (Å²) in [5, 5.41) is 3.51. The van der Waals surface area contributed by atoms with Crippen LogP contribution in [0.1, 0.15) is 52.4 Å². The molecule has 0 atom stereocenters. The average Bonchev–Trinajstić information content (AvgIpc) is 2.51. The molecular weight excluding hydrogens is 246 g/mol. The van der Waals surface area contributed by atoms with Crippen LogP contribution in [0.3, 0.4) is 0 Å². The van der Waals surface area contributed by atoms with Crippen molar-refractivity contribution in [1.29, 1.82) is 0 Å². The summed E-state index contributed by atoms with van der Waals surface area (Å²) in [6, 6.07) is 4.28. The molecule has 2 rings (SSSR count). The van der Waals surface area contributed by atoms with E-state index in [9.17, 15) is 0 Å². The molecule has 1 aliphatic carbocycles. The van der Waals surface area contributed by atoms with E-state index in [1.54, 1.807) is 0 Å². The molecule has 20 heavy (non-hydrogen) atoms. The quantitative estimate of drug-likeness (QED) is 0.803. The number of hydrogen-bond acceptors (Lipinski definition) is 3. The van der Waals surface area contributed by atoms with Gasteiger partial charge < -0.3 is 10.2 Å². The lowest BCUT2D eigenvalue weighted by atomic mass is 9.87. The smallest absolute Gasteiger partial charge is 0.128 e. The van der Waals surface area contributed by atoms with Gasteiger partial charge in [0.25, 0.3) is 0 Å². The predicted octanol–water partition coefficient (Wildman–Crippen LogP) is 4.31. The van der Waals surface area contributed by atoms with Gasteiger partial charge >= 0.3 is 0 Å². The van der Waals surface area contributed by atoms with Gasteiger partial charge in [-0.15, -0.1) is 0 Å². The van der Waals surface area contributed by atoms with Crippen molar-refractivity contribution in [3.63, 3.8) is 0 Å². The topological polar surface area (TPSA) is 28.2 Å². The van der Waals surface area contributed by atoms with E-state index in [1.807, 2.05) is 6.20 Å². The largest absolute Gasteiger partial charge is 0.384 e. The molecule has 1 aromatic heterocycles. The molecule has 1 aromatic rings. The summed E-state index contributed by atoms with van der Waals surface area (Å²) in [6.45, 7) is 7.44. The molecule has 3 heteroatoms. The molecule has 1 N–H and O–H groups in total. The van der Waals surface area contributed by atoms with Crippen molar-refractivity contribution < 1.29 is 0 Å². The first-order valence-electron chi connectivity index (χ1n) is 8.28. The number of aromatic nitrogens is 1. The molecule has 112 valence electrons. The van der Waals surface area contributed by atoms with Crippen LogP contribution in [0.15, 0.2) is 18.3 Å². The van der Waals surface area contributed by atoms with Crippen LogP contribution >= 0.6 is 0 Å². The van der Waals surface area contributed by atoms with E-state index in [-0.39, 0.29) is 0 Å². The SMILES string of the molecule is CCN(CC)c1ccc(NCCC2CCCCC2)cn1. The summed E-state index contributed by atoms with van der Waals surface area (Å²) in [4.78, 5) is 6.82. The van der Waals surface area contributed by atoms with Crippen molar-refractivity contribution >= 4 is 11.5 Å². The molecule has 1 fully saturated rings. The van der Waals surface area contributed by atoms with Gasteiger partial charge in [0.15, 0.2) is 0 Å². The van der Waals surface area contributed by atoms with E-state index in [1.165, 1.54) is 38.5 Å². The molecule has 0 amide bonds. The van der Waals surface area contributed by atoms with Gasteiger partial charge in [-0.05, 0) is 38.3 Å². The Morgan fingerprint density at radius 2 is 1.90 bits per heavy atom. The Morgan fingerprint density at radius 1 is 1.15 bits per heavy atom. The number of anilines is 2. The number of hydrogen-bond donors (Lipinski definition) is 1. The first kappa shape index (κ1) is 15.1. The summed E-state index contributed by atoms with van der Waals surface area (Å²) >= 11 is 0. The molecule has 0 bridgehead atoms. The molecule has 0 aromatic carbocycles. The monoisotopic (exact) mass is 275 g/mol. The minimum Gasteiger partial charge on any atom is -0.384 e. The number of nitrogens with one attached hydrogen (secondary N) is 1. The summed E-state index contributed by atoms with van der Waals surface area (Å²) in [5.74, 6) is 2.02. The highest BCUT2D eigenvalue weighted by Gasteiger charge is 2.12. The predicted molar refractivity (Wildman–Crippen MR) is 87.5 cm³/mol. The number of nitrogens with zero attached hydrogens (tertiary/aromatic N) is 2. The minimum absolute atomic E-state index is 0.944. The Bertz CT molecular complexity index is 364. The van der Waals surface area contributed by atoms with Gasteiger partial charge in [-0.2, -0.15) is 0 Å². The van der Waals surface area contributed by atoms with E-state index in [2.05, 4.69) is 41.2 Å². The molecule has 0 saturated heterocycles. The van der Waals surface area contributed by atoms with Gasteiger partial charge in [0.2, 0.25) is 0 Å². The highest BCUT2D eigenvalue weighted by atomic mass is 15.2.